The van der Waals surface area contributed by atoms with Gasteiger partial charge in [0.05, 0.1) is 6.54 Å². The van der Waals surface area contributed by atoms with Crippen molar-refractivity contribution in [2.45, 2.75) is 63.7 Å². The fraction of sp³-hybridized carbons (Fsp3) is 0.650. The van der Waals surface area contributed by atoms with E-state index in [2.05, 4.69) is 31.9 Å². The molecule has 0 aromatic rings. The molecule has 0 spiro atoms. The summed E-state index contributed by atoms with van der Waals surface area (Å²) in [4.78, 5) is 60.9. The van der Waals surface area contributed by atoms with Gasteiger partial charge in [0.15, 0.2) is 11.9 Å². The van der Waals surface area contributed by atoms with Crippen molar-refractivity contribution in [2.75, 3.05) is 19.6 Å². The highest BCUT2D eigenvalue weighted by Crippen LogP contribution is 2.02. The molecular weight excluding hydrogens is 490 g/mol. The van der Waals surface area contributed by atoms with E-state index in [1.54, 1.807) is 0 Å². The summed E-state index contributed by atoms with van der Waals surface area (Å²) in [6.07, 6.45) is 0.916. The SMILES string of the molecule is C[C@H](NC(=O)[C@H](CCCNC(=N)N)NC(=O)[C@H](C)NC(=O)[C@H](CCCNC(=N)N)NC(=O)CN)C(=O)O. The first-order valence-electron chi connectivity index (χ1n) is 11.6. The van der Waals surface area contributed by atoms with Crippen LogP contribution in [0.2, 0.25) is 0 Å². The Morgan fingerprint density at radius 2 is 1.16 bits per heavy atom. The van der Waals surface area contributed by atoms with E-state index in [1.807, 2.05) is 0 Å². The van der Waals surface area contributed by atoms with E-state index in [4.69, 9.17) is 33.1 Å². The van der Waals surface area contributed by atoms with E-state index in [1.165, 1.54) is 13.8 Å². The zero-order valence-electron chi connectivity index (χ0n) is 21.0. The molecule has 210 valence electrons. The molecule has 4 atom stereocenters. The first kappa shape index (κ1) is 32.8. The van der Waals surface area contributed by atoms with Crippen LogP contribution in [-0.2, 0) is 24.0 Å². The predicted molar refractivity (Wildman–Crippen MR) is 134 cm³/mol. The molecule has 0 aliphatic carbocycles. The van der Waals surface area contributed by atoms with Crippen LogP contribution in [0.5, 0.6) is 0 Å². The Balaban J connectivity index is 5.23. The van der Waals surface area contributed by atoms with Gasteiger partial charge in [0.25, 0.3) is 0 Å². The maximum atomic E-state index is 12.7. The molecule has 15 N–H and O–H groups in total. The molecular formula is C20H39N11O6. The third-order valence-corrected chi connectivity index (χ3v) is 4.92. The third-order valence-electron chi connectivity index (χ3n) is 4.92. The average molecular weight is 530 g/mol. The van der Waals surface area contributed by atoms with Crippen LogP contribution in [0.4, 0.5) is 0 Å². The molecule has 0 aromatic heterocycles. The number of carbonyl (C=O) groups is 5. The number of amides is 4. The van der Waals surface area contributed by atoms with Gasteiger partial charge in [-0.2, -0.15) is 0 Å². The van der Waals surface area contributed by atoms with Gasteiger partial charge in [-0.15, -0.1) is 0 Å². The zero-order chi connectivity index (χ0) is 28.5. The van der Waals surface area contributed by atoms with Crippen molar-refractivity contribution in [3.05, 3.63) is 0 Å². The summed E-state index contributed by atoms with van der Waals surface area (Å²) in [5.74, 6) is -4.49. The van der Waals surface area contributed by atoms with Gasteiger partial charge in [0.2, 0.25) is 23.6 Å². The summed E-state index contributed by atoms with van der Waals surface area (Å²) < 4.78 is 0. The minimum absolute atomic E-state index is 0.0865. The summed E-state index contributed by atoms with van der Waals surface area (Å²) in [7, 11) is 0. The number of carboxylic acid groups (broad SMARTS) is 1. The molecule has 0 bridgehead atoms. The molecule has 17 nitrogen and oxygen atoms in total. The highest BCUT2D eigenvalue weighted by molar-refractivity contribution is 5.94. The molecule has 4 amide bonds. The fourth-order valence-corrected chi connectivity index (χ4v) is 2.90. The number of guanidine groups is 2. The van der Waals surface area contributed by atoms with E-state index >= 15 is 0 Å². The molecule has 17 heteroatoms. The van der Waals surface area contributed by atoms with Gasteiger partial charge in [0.1, 0.15) is 24.2 Å². The van der Waals surface area contributed by atoms with Crippen molar-refractivity contribution >= 4 is 41.5 Å². The Morgan fingerprint density at radius 3 is 1.57 bits per heavy atom. The topological polar surface area (TPSA) is 304 Å². The Kier molecular flexibility index (Phi) is 15.4. The maximum Gasteiger partial charge on any atom is 0.325 e. The van der Waals surface area contributed by atoms with Crippen LogP contribution in [0.3, 0.4) is 0 Å². The molecule has 0 saturated carbocycles. The number of carboxylic acids is 1. The molecule has 0 heterocycles. The third kappa shape index (κ3) is 14.8. The van der Waals surface area contributed by atoms with Crippen LogP contribution in [-0.4, -0.2) is 90.4 Å². The largest absolute Gasteiger partial charge is 0.480 e. The highest BCUT2D eigenvalue weighted by atomic mass is 16.4. The maximum absolute atomic E-state index is 12.7. The fourth-order valence-electron chi connectivity index (χ4n) is 2.90. The van der Waals surface area contributed by atoms with Crippen LogP contribution in [0.1, 0.15) is 39.5 Å². The lowest BCUT2D eigenvalue weighted by Gasteiger charge is -2.24. The van der Waals surface area contributed by atoms with Gasteiger partial charge in [-0.1, -0.05) is 0 Å². The minimum Gasteiger partial charge on any atom is -0.480 e. The number of nitrogens with one attached hydrogen (secondary N) is 8. The molecule has 0 saturated heterocycles. The first-order chi connectivity index (χ1) is 17.3. The van der Waals surface area contributed by atoms with Gasteiger partial charge in [-0.05, 0) is 39.5 Å². The lowest BCUT2D eigenvalue weighted by Crippen LogP contribution is -2.57. The van der Waals surface area contributed by atoms with Gasteiger partial charge in [-0.3, -0.25) is 34.8 Å². The normalized spacial score (nSPS) is 13.6. The molecule has 0 unspecified atom stereocenters. The zero-order valence-corrected chi connectivity index (χ0v) is 21.0. The number of carbonyl (C=O) groups excluding carboxylic acids is 4. The molecule has 0 aliphatic rings. The van der Waals surface area contributed by atoms with Crippen molar-refractivity contribution < 1.29 is 29.1 Å². The Morgan fingerprint density at radius 1 is 0.730 bits per heavy atom. The number of nitrogens with two attached hydrogens (primary N) is 3. The number of hydrogen-bond acceptors (Lipinski definition) is 8. The standard InChI is InChI=1S/C20H39N11O6/c1-10(28-16(34)12(30-14(32)9-21)5-3-7-26-19(22)23)15(33)31-13(6-4-8-27-20(24)25)17(35)29-11(2)18(36)37/h10-13H,3-9,21H2,1-2H3,(H,28,34)(H,29,35)(H,30,32)(H,31,33)(H,36,37)(H4,22,23,26)(H4,24,25,27)/t10-,11-,12-,13-/m0/s1. The summed E-state index contributed by atoms with van der Waals surface area (Å²) in [5.41, 5.74) is 15.7. The van der Waals surface area contributed by atoms with Crippen LogP contribution >= 0.6 is 0 Å². The monoisotopic (exact) mass is 529 g/mol. The number of aliphatic carboxylic acids is 1. The summed E-state index contributed by atoms with van der Waals surface area (Å²) in [6.45, 7) is 2.80. The van der Waals surface area contributed by atoms with Gasteiger partial charge in [-0.25, -0.2) is 0 Å². The summed E-state index contributed by atoms with van der Waals surface area (Å²) >= 11 is 0. The molecule has 0 fully saturated rings. The van der Waals surface area contributed by atoms with E-state index in [0.717, 1.165) is 0 Å². The lowest BCUT2D eigenvalue weighted by atomic mass is 10.1. The first-order valence-corrected chi connectivity index (χ1v) is 11.6. The second-order valence-corrected chi connectivity index (χ2v) is 8.15. The van der Waals surface area contributed by atoms with Crippen molar-refractivity contribution in [3.8, 4) is 0 Å². The van der Waals surface area contributed by atoms with Crippen LogP contribution < -0.4 is 49.1 Å². The minimum atomic E-state index is -1.26. The second-order valence-electron chi connectivity index (χ2n) is 8.15. The molecule has 37 heavy (non-hydrogen) atoms. The summed E-state index contributed by atoms with van der Waals surface area (Å²) in [6, 6.07) is -4.48. The average Bonchev–Trinajstić information content (AvgIpc) is 2.81. The van der Waals surface area contributed by atoms with Crippen LogP contribution in [0, 0.1) is 10.8 Å². The lowest BCUT2D eigenvalue weighted by molar-refractivity contribution is -0.141. The van der Waals surface area contributed by atoms with Crippen molar-refractivity contribution in [1.29, 1.82) is 10.8 Å². The predicted octanol–water partition coefficient (Wildman–Crippen LogP) is -4.46. The smallest absolute Gasteiger partial charge is 0.325 e. The number of hydrogen-bond donors (Lipinski definition) is 12. The van der Waals surface area contributed by atoms with Crippen molar-refractivity contribution in [2.24, 2.45) is 17.2 Å². The van der Waals surface area contributed by atoms with E-state index in [-0.39, 0.29) is 44.4 Å². The molecule has 0 aliphatic heterocycles. The second kappa shape index (κ2) is 17.3. The van der Waals surface area contributed by atoms with E-state index in [9.17, 15) is 24.0 Å². The van der Waals surface area contributed by atoms with Gasteiger partial charge >= 0.3 is 5.97 Å². The summed E-state index contributed by atoms with van der Waals surface area (Å²) in [5, 5.41) is 38.2. The van der Waals surface area contributed by atoms with Crippen LogP contribution in [0.25, 0.3) is 0 Å². The van der Waals surface area contributed by atoms with E-state index in [0.29, 0.717) is 12.8 Å². The van der Waals surface area contributed by atoms with Gasteiger partial charge < -0.3 is 54.2 Å². The quantitative estimate of drug-likeness (QED) is 0.0484. The van der Waals surface area contributed by atoms with Crippen molar-refractivity contribution in [3.63, 3.8) is 0 Å². The number of rotatable bonds is 17. The highest BCUT2D eigenvalue weighted by Gasteiger charge is 2.28. The van der Waals surface area contributed by atoms with Gasteiger partial charge in [0, 0.05) is 13.1 Å². The van der Waals surface area contributed by atoms with E-state index < -0.39 is 53.8 Å². The molecule has 0 rings (SSSR count). The Hall–Kier alpha value is -4.15. The molecule has 0 aromatic carbocycles. The Bertz CT molecular complexity index is 838. The Labute approximate surface area is 214 Å². The van der Waals surface area contributed by atoms with Crippen LogP contribution in [0.15, 0.2) is 0 Å². The van der Waals surface area contributed by atoms with Crippen molar-refractivity contribution in [1.82, 2.24) is 31.9 Å². The molecule has 0 radical (unpaired) electrons.